The van der Waals surface area contributed by atoms with Crippen molar-refractivity contribution in [2.24, 2.45) is 5.73 Å². The van der Waals surface area contributed by atoms with Crippen LogP contribution in [0, 0.1) is 0 Å². The van der Waals surface area contributed by atoms with Gasteiger partial charge >= 0.3 is 12.1 Å². The number of nitrogens with two attached hydrogens (primary N) is 1. The third kappa shape index (κ3) is 5.68. The third-order valence-corrected chi connectivity index (χ3v) is 6.73. The first kappa shape index (κ1) is 26.1. The number of primary amides is 1. The maximum Gasteiger partial charge on any atom is 0.416 e. The number of esters is 1. The number of nitrogens with zero attached hydrogens (tertiary/aromatic N) is 2. The zero-order valence-electron chi connectivity index (χ0n) is 20.7. The highest BCUT2D eigenvalue weighted by Crippen LogP contribution is 2.35. The molecule has 1 unspecified atom stereocenters. The van der Waals surface area contributed by atoms with Gasteiger partial charge in [-0.25, -0.2) is 4.79 Å². The van der Waals surface area contributed by atoms with Gasteiger partial charge in [-0.3, -0.25) is 14.7 Å². The van der Waals surface area contributed by atoms with Crippen LogP contribution in [-0.4, -0.2) is 28.3 Å². The second kappa shape index (κ2) is 10.7. The normalized spacial score (nSPS) is 15.4. The molecule has 1 aliphatic heterocycles. The Morgan fingerprint density at radius 2 is 1.69 bits per heavy atom. The second-order valence-electron chi connectivity index (χ2n) is 9.25. The highest BCUT2D eigenvalue weighted by atomic mass is 19.4. The van der Waals surface area contributed by atoms with E-state index < -0.39 is 29.7 Å². The molecule has 3 aromatic carbocycles. The summed E-state index contributed by atoms with van der Waals surface area (Å²) in [5.41, 5.74) is 8.76. The maximum atomic E-state index is 13.1. The molecule has 39 heavy (non-hydrogen) atoms. The Morgan fingerprint density at radius 3 is 2.38 bits per heavy atom. The summed E-state index contributed by atoms with van der Waals surface area (Å²) < 4.78 is 44.6. The molecule has 5 rings (SSSR count). The van der Waals surface area contributed by atoms with Crippen molar-refractivity contribution in [3.8, 4) is 16.9 Å². The molecule has 0 aliphatic carbocycles. The van der Waals surface area contributed by atoms with Crippen LogP contribution in [0.1, 0.15) is 38.7 Å². The number of hydrogen-bond donors (Lipinski definition) is 1. The van der Waals surface area contributed by atoms with Gasteiger partial charge in [0, 0.05) is 25.5 Å². The van der Waals surface area contributed by atoms with Crippen molar-refractivity contribution >= 4 is 11.9 Å². The zero-order chi connectivity index (χ0) is 27.6. The van der Waals surface area contributed by atoms with Crippen LogP contribution in [0.3, 0.4) is 0 Å². The molecular formula is C30H24F3N3O3. The molecule has 198 valence electrons. The number of halogens is 3. The molecule has 0 spiro atoms. The van der Waals surface area contributed by atoms with E-state index in [0.717, 1.165) is 28.8 Å². The fourth-order valence-electron chi connectivity index (χ4n) is 4.86. The summed E-state index contributed by atoms with van der Waals surface area (Å²) in [7, 11) is 0. The van der Waals surface area contributed by atoms with Crippen LogP contribution in [0.15, 0.2) is 91.3 Å². The Hall–Kier alpha value is -4.50. The zero-order valence-corrected chi connectivity index (χ0v) is 20.7. The summed E-state index contributed by atoms with van der Waals surface area (Å²) in [4.78, 5) is 31.6. The van der Waals surface area contributed by atoms with E-state index in [1.807, 2.05) is 17.0 Å². The number of aromatic nitrogens is 1. The summed E-state index contributed by atoms with van der Waals surface area (Å²) in [6, 6.07) is 19.4. The Balaban J connectivity index is 1.37. The molecule has 0 fully saturated rings. The number of ether oxygens (including phenoxy) is 1. The lowest BCUT2D eigenvalue weighted by atomic mass is 9.91. The molecule has 4 aromatic rings. The fraction of sp³-hybridized carbons (Fsp3) is 0.167. The van der Waals surface area contributed by atoms with Crippen molar-refractivity contribution in [2.75, 3.05) is 6.54 Å². The SMILES string of the molecule is NC(=O)C1c2ccc(OC(=O)c3ccccc3-c3ccc(C(F)(F)F)cc3)cc2CCN1Cc1ccncc1. The van der Waals surface area contributed by atoms with Crippen molar-refractivity contribution in [1.82, 2.24) is 9.88 Å². The Kier molecular flexibility index (Phi) is 7.17. The quantitative estimate of drug-likeness (QED) is 0.260. The van der Waals surface area contributed by atoms with Gasteiger partial charge in [-0.05, 0) is 76.7 Å². The van der Waals surface area contributed by atoms with Crippen LogP contribution >= 0.6 is 0 Å². The highest BCUT2D eigenvalue weighted by molar-refractivity contribution is 5.98. The van der Waals surface area contributed by atoms with Crippen LogP contribution < -0.4 is 10.5 Å². The molecule has 1 aliphatic rings. The van der Waals surface area contributed by atoms with Crippen LogP contribution in [0.5, 0.6) is 5.75 Å². The van der Waals surface area contributed by atoms with Gasteiger partial charge in [0.05, 0.1) is 11.1 Å². The number of amides is 1. The lowest BCUT2D eigenvalue weighted by Gasteiger charge is -2.35. The number of rotatable bonds is 6. The molecule has 2 heterocycles. The molecular weight excluding hydrogens is 507 g/mol. The van der Waals surface area contributed by atoms with Crippen molar-refractivity contribution < 1.29 is 27.5 Å². The van der Waals surface area contributed by atoms with E-state index in [2.05, 4.69) is 4.98 Å². The van der Waals surface area contributed by atoms with Crippen LogP contribution in [-0.2, 0) is 23.9 Å². The summed E-state index contributed by atoms with van der Waals surface area (Å²) in [6.07, 6.45) is -0.434. The lowest BCUT2D eigenvalue weighted by molar-refractivity contribution is -0.137. The predicted molar refractivity (Wildman–Crippen MR) is 139 cm³/mol. The van der Waals surface area contributed by atoms with E-state index in [1.54, 1.807) is 54.9 Å². The van der Waals surface area contributed by atoms with Crippen LogP contribution in [0.25, 0.3) is 11.1 Å². The molecule has 2 N–H and O–H groups in total. The molecule has 9 heteroatoms. The molecule has 6 nitrogen and oxygen atoms in total. The van der Waals surface area contributed by atoms with E-state index in [1.165, 1.54) is 12.1 Å². The Bertz CT molecular complexity index is 1510. The number of carbonyl (C=O) groups excluding carboxylic acids is 2. The number of carbonyl (C=O) groups is 2. The molecule has 0 saturated heterocycles. The summed E-state index contributed by atoms with van der Waals surface area (Å²) >= 11 is 0. The minimum atomic E-state index is -4.45. The lowest BCUT2D eigenvalue weighted by Crippen LogP contribution is -2.42. The fourth-order valence-corrected chi connectivity index (χ4v) is 4.86. The first-order chi connectivity index (χ1) is 18.7. The van der Waals surface area contributed by atoms with Gasteiger partial charge in [-0.2, -0.15) is 13.2 Å². The van der Waals surface area contributed by atoms with Crippen molar-refractivity contribution in [3.05, 3.63) is 119 Å². The van der Waals surface area contributed by atoms with Gasteiger partial charge in [0.25, 0.3) is 0 Å². The third-order valence-electron chi connectivity index (χ3n) is 6.73. The molecule has 1 amide bonds. The highest BCUT2D eigenvalue weighted by Gasteiger charge is 2.32. The monoisotopic (exact) mass is 531 g/mol. The average Bonchev–Trinajstić information content (AvgIpc) is 2.93. The standard InChI is InChI=1S/C30H24F3N3O3/c31-30(32,33)22-7-5-20(6-8-22)24-3-1-2-4-26(24)29(38)39-23-9-10-25-21(17-23)13-16-36(27(25)28(34)37)18-19-11-14-35-15-12-19/h1-12,14-15,17,27H,13,16,18H2,(H2,34,37). The number of alkyl halides is 3. The van der Waals surface area contributed by atoms with E-state index in [0.29, 0.717) is 36.4 Å². The smallest absolute Gasteiger partial charge is 0.416 e. The summed E-state index contributed by atoms with van der Waals surface area (Å²) in [6.45, 7) is 1.12. The topological polar surface area (TPSA) is 85.5 Å². The largest absolute Gasteiger partial charge is 0.423 e. The second-order valence-corrected chi connectivity index (χ2v) is 9.25. The first-order valence-electron chi connectivity index (χ1n) is 12.2. The average molecular weight is 532 g/mol. The molecule has 0 radical (unpaired) electrons. The van der Waals surface area contributed by atoms with Gasteiger partial charge in [-0.15, -0.1) is 0 Å². The van der Waals surface area contributed by atoms with Crippen LogP contribution in [0.2, 0.25) is 0 Å². The summed E-state index contributed by atoms with van der Waals surface area (Å²) in [5, 5.41) is 0. The number of fused-ring (bicyclic) bond motifs is 1. The maximum absolute atomic E-state index is 13.1. The minimum absolute atomic E-state index is 0.216. The van der Waals surface area contributed by atoms with Crippen LogP contribution in [0.4, 0.5) is 13.2 Å². The van der Waals surface area contributed by atoms with Crippen molar-refractivity contribution in [2.45, 2.75) is 25.2 Å². The van der Waals surface area contributed by atoms with E-state index in [-0.39, 0.29) is 5.56 Å². The number of pyridine rings is 1. The Morgan fingerprint density at radius 1 is 0.974 bits per heavy atom. The molecule has 1 aromatic heterocycles. The van der Waals surface area contributed by atoms with Gasteiger partial charge < -0.3 is 10.5 Å². The predicted octanol–water partition coefficient (Wildman–Crippen LogP) is 5.57. The van der Waals surface area contributed by atoms with E-state index in [9.17, 15) is 22.8 Å². The van der Waals surface area contributed by atoms with Gasteiger partial charge in [0.15, 0.2) is 0 Å². The van der Waals surface area contributed by atoms with Crippen molar-refractivity contribution in [1.29, 1.82) is 0 Å². The first-order valence-corrected chi connectivity index (χ1v) is 12.2. The molecule has 0 saturated carbocycles. The number of benzene rings is 3. The Labute approximate surface area is 222 Å². The molecule has 1 atom stereocenters. The van der Waals surface area contributed by atoms with Gasteiger partial charge in [0.1, 0.15) is 11.8 Å². The van der Waals surface area contributed by atoms with Gasteiger partial charge in [-0.1, -0.05) is 36.4 Å². The summed E-state index contributed by atoms with van der Waals surface area (Å²) in [5.74, 6) is -0.820. The number of hydrogen-bond acceptors (Lipinski definition) is 5. The van der Waals surface area contributed by atoms with E-state index >= 15 is 0 Å². The van der Waals surface area contributed by atoms with Gasteiger partial charge in [0.2, 0.25) is 5.91 Å². The minimum Gasteiger partial charge on any atom is -0.423 e. The van der Waals surface area contributed by atoms with E-state index in [4.69, 9.17) is 10.5 Å². The van der Waals surface area contributed by atoms with Crippen molar-refractivity contribution in [3.63, 3.8) is 0 Å². The molecule has 0 bridgehead atoms.